The van der Waals surface area contributed by atoms with E-state index in [9.17, 15) is 23.2 Å². The molecule has 0 spiro atoms. The summed E-state index contributed by atoms with van der Waals surface area (Å²) in [5.74, 6) is -0.639. The molecule has 4 rings (SSSR count). The van der Waals surface area contributed by atoms with Crippen LogP contribution in [0, 0.1) is 0 Å². The molecule has 2 aromatic carbocycles. The molecule has 3 aromatic rings. The number of hydroxylamine groups is 1. The van der Waals surface area contributed by atoms with Crippen LogP contribution < -0.4 is 15.5 Å². The topological polar surface area (TPSA) is 147 Å². The highest BCUT2D eigenvalue weighted by molar-refractivity contribution is 7.89. The smallest absolute Gasteiger partial charge is 0.412 e. The van der Waals surface area contributed by atoms with Gasteiger partial charge in [0.2, 0.25) is 10.0 Å². The highest BCUT2D eigenvalue weighted by atomic mass is 32.2. The molecule has 3 N–H and O–H groups in total. The van der Waals surface area contributed by atoms with Crippen LogP contribution in [0.2, 0.25) is 0 Å². The number of furan rings is 1. The number of sulfonamides is 1. The van der Waals surface area contributed by atoms with Gasteiger partial charge in [0.1, 0.15) is 11.8 Å². The minimum Gasteiger partial charge on any atom is -0.497 e. The summed E-state index contributed by atoms with van der Waals surface area (Å²) in [7, 11) is -2.84. The predicted molar refractivity (Wildman–Crippen MR) is 117 cm³/mol. The fourth-order valence-electron chi connectivity index (χ4n) is 3.66. The van der Waals surface area contributed by atoms with Crippen molar-refractivity contribution in [2.45, 2.75) is 23.6 Å². The summed E-state index contributed by atoms with van der Waals surface area (Å²) in [5, 5.41) is 11.9. The van der Waals surface area contributed by atoms with E-state index in [4.69, 9.17) is 13.9 Å². The molecule has 0 radical (unpaired) electrons. The summed E-state index contributed by atoms with van der Waals surface area (Å²) >= 11 is 0. The van der Waals surface area contributed by atoms with Crippen LogP contribution in [-0.2, 0) is 26.1 Å². The molecular weight excluding hydrogens is 466 g/mol. The third-order valence-corrected chi connectivity index (χ3v) is 7.15. The molecule has 0 aliphatic carbocycles. The van der Waals surface area contributed by atoms with E-state index in [1.54, 1.807) is 30.3 Å². The number of methoxy groups -OCH3 is 1. The average molecular weight is 487 g/mol. The number of hydrogen-bond donors (Lipinski definition) is 3. The first-order chi connectivity index (χ1) is 16.3. The van der Waals surface area contributed by atoms with Gasteiger partial charge in [-0.15, -0.1) is 0 Å². The van der Waals surface area contributed by atoms with Gasteiger partial charge in [-0.1, -0.05) is 18.2 Å². The quantitative estimate of drug-likeness (QED) is 0.355. The third-order valence-electron chi connectivity index (χ3n) is 5.30. The minimum absolute atomic E-state index is 0.122. The van der Waals surface area contributed by atoms with Crippen molar-refractivity contribution in [2.75, 3.05) is 12.4 Å². The van der Waals surface area contributed by atoms with Crippen molar-refractivity contribution in [3.8, 4) is 5.75 Å². The first kappa shape index (κ1) is 23.3. The summed E-state index contributed by atoms with van der Waals surface area (Å²) in [6, 6.07) is 12.4. The zero-order chi connectivity index (χ0) is 24.3. The lowest BCUT2D eigenvalue weighted by Gasteiger charge is -2.37. The van der Waals surface area contributed by atoms with Crippen molar-refractivity contribution in [3.63, 3.8) is 0 Å². The summed E-state index contributed by atoms with van der Waals surface area (Å²) in [6.07, 6.45) is 0.240. The largest absolute Gasteiger partial charge is 0.497 e. The number of para-hydroxylation sites is 1. The van der Waals surface area contributed by atoms with Crippen LogP contribution in [0.5, 0.6) is 5.75 Å². The normalized spacial score (nSPS) is 17.9. The van der Waals surface area contributed by atoms with Gasteiger partial charge in [-0.2, -0.15) is 4.31 Å². The van der Waals surface area contributed by atoms with Gasteiger partial charge < -0.3 is 13.9 Å². The van der Waals surface area contributed by atoms with Crippen molar-refractivity contribution in [2.24, 2.45) is 0 Å². The summed E-state index contributed by atoms with van der Waals surface area (Å²) in [4.78, 5) is 25.2. The molecule has 178 valence electrons. The first-order valence-electron chi connectivity index (χ1n) is 10.0. The number of hydrogen-bond acceptors (Lipinski definition) is 8. The number of ether oxygens (including phenoxy) is 2. The molecule has 2 atom stereocenters. The van der Waals surface area contributed by atoms with Crippen molar-refractivity contribution in [1.29, 1.82) is 0 Å². The van der Waals surface area contributed by atoms with E-state index in [2.05, 4.69) is 5.32 Å². The molecule has 0 saturated carbocycles. The van der Waals surface area contributed by atoms with Crippen molar-refractivity contribution in [1.82, 2.24) is 9.79 Å². The van der Waals surface area contributed by atoms with Crippen LogP contribution in [0.25, 0.3) is 0 Å². The Balaban J connectivity index is 1.71. The maximum atomic E-state index is 13.5. The Morgan fingerprint density at radius 1 is 1.09 bits per heavy atom. The molecule has 11 nitrogen and oxygen atoms in total. The Kier molecular flexibility index (Phi) is 6.54. The highest BCUT2D eigenvalue weighted by Gasteiger charge is 2.48. The number of anilines is 1. The molecule has 0 fully saturated rings. The van der Waals surface area contributed by atoms with E-state index < -0.39 is 34.2 Å². The van der Waals surface area contributed by atoms with Gasteiger partial charge in [0.15, 0.2) is 6.10 Å². The molecule has 12 heteroatoms. The zero-order valence-corrected chi connectivity index (χ0v) is 18.7. The molecule has 34 heavy (non-hydrogen) atoms. The molecule has 0 bridgehead atoms. The third kappa shape index (κ3) is 4.46. The SMILES string of the molecule is COc1ccc(S(=O)(=O)N2Cc3cocc3C(OC(=O)Nc3ccccc3)C2C(=O)NO)cc1. The fourth-order valence-corrected chi connectivity index (χ4v) is 5.23. The second-order valence-corrected chi connectivity index (χ2v) is 9.21. The average Bonchev–Trinajstić information content (AvgIpc) is 3.33. The van der Waals surface area contributed by atoms with E-state index in [1.165, 1.54) is 49.4 Å². The van der Waals surface area contributed by atoms with E-state index in [0.29, 0.717) is 22.6 Å². The second kappa shape index (κ2) is 9.55. The van der Waals surface area contributed by atoms with Gasteiger partial charge in [-0.05, 0) is 36.4 Å². The van der Waals surface area contributed by atoms with Gasteiger partial charge in [0.05, 0.1) is 24.5 Å². The van der Waals surface area contributed by atoms with E-state index >= 15 is 0 Å². The van der Waals surface area contributed by atoms with E-state index in [-0.39, 0.29) is 11.4 Å². The number of nitrogens with zero attached hydrogens (tertiary/aromatic N) is 1. The molecule has 2 heterocycles. The minimum atomic E-state index is -4.29. The standard InChI is InChI=1S/C22H21N3O8S/c1-31-16-7-9-17(10-8-16)34(29,30)25-11-14-12-32-13-18(14)20(19(25)21(26)24-28)33-22(27)23-15-5-3-2-4-6-15/h2-10,12-13,19-20,28H,11H2,1H3,(H,23,27)(H,24,26). The van der Waals surface area contributed by atoms with E-state index in [1.807, 2.05) is 0 Å². The van der Waals surface area contributed by atoms with Crippen LogP contribution in [-0.4, -0.2) is 43.1 Å². The molecule has 0 saturated heterocycles. The number of fused-ring (bicyclic) bond motifs is 1. The molecule has 1 aliphatic rings. The van der Waals surface area contributed by atoms with Crippen LogP contribution in [0.3, 0.4) is 0 Å². The maximum absolute atomic E-state index is 13.5. The van der Waals surface area contributed by atoms with Crippen molar-refractivity contribution in [3.05, 3.63) is 78.3 Å². The van der Waals surface area contributed by atoms with Gasteiger partial charge >= 0.3 is 6.09 Å². The first-order valence-corrected chi connectivity index (χ1v) is 11.5. The molecule has 1 aliphatic heterocycles. The Hall–Kier alpha value is -3.87. The molecular formula is C22H21N3O8S. The molecule has 2 amide bonds. The number of rotatable bonds is 6. The number of carbonyl (C=O) groups is 2. The number of benzene rings is 2. The van der Waals surface area contributed by atoms with Gasteiger partial charge in [-0.25, -0.2) is 18.7 Å². The van der Waals surface area contributed by atoms with Crippen LogP contribution in [0.15, 0.2) is 76.4 Å². The predicted octanol–water partition coefficient (Wildman–Crippen LogP) is 2.66. The molecule has 1 aromatic heterocycles. The Labute approximate surface area is 194 Å². The van der Waals surface area contributed by atoms with Crippen LogP contribution in [0.1, 0.15) is 17.2 Å². The highest BCUT2D eigenvalue weighted by Crippen LogP contribution is 2.38. The molecule has 2 unspecified atom stereocenters. The van der Waals surface area contributed by atoms with Crippen molar-refractivity contribution < 1.29 is 37.1 Å². The monoisotopic (exact) mass is 487 g/mol. The zero-order valence-electron chi connectivity index (χ0n) is 17.9. The number of carbonyl (C=O) groups excluding carboxylic acids is 2. The summed E-state index contributed by atoms with van der Waals surface area (Å²) < 4.78 is 43.6. The maximum Gasteiger partial charge on any atom is 0.412 e. The Morgan fingerprint density at radius 2 is 1.79 bits per heavy atom. The lowest BCUT2D eigenvalue weighted by atomic mass is 9.96. The summed E-state index contributed by atoms with van der Waals surface area (Å²) in [6.45, 7) is -0.252. The van der Waals surface area contributed by atoms with Gasteiger partial charge in [0, 0.05) is 23.4 Å². The van der Waals surface area contributed by atoms with Gasteiger partial charge in [0.25, 0.3) is 5.91 Å². The van der Waals surface area contributed by atoms with Gasteiger partial charge in [-0.3, -0.25) is 15.3 Å². The fraction of sp³-hybridized carbons (Fsp3) is 0.182. The summed E-state index contributed by atoms with van der Waals surface area (Å²) in [5.41, 5.74) is 2.61. The van der Waals surface area contributed by atoms with Crippen molar-refractivity contribution >= 4 is 27.7 Å². The Morgan fingerprint density at radius 3 is 2.44 bits per heavy atom. The Bertz CT molecular complexity index is 1270. The van der Waals surface area contributed by atoms with Crippen LogP contribution in [0.4, 0.5) is 10.5 Å². The number of amides is 2. The lowest BCUT2D eigenvalue weighted by Crippen LogP contribution is -2.54. The van der Waals surface area contributed by atoms with E-state index in [0.717, 1.165) is 4.31 Å². The van der Waals surface area contributed by atoms with Crippen LogP contribution >= 0.6 is 0 Å². The lowest BCUT2D eigenvalue weighted by molar-refractivity contribution is -0.137. The number of nitrogens with one attached hydrogen (secondary N) is 2. The second-order valence-electron chi connectivity index (χ2n) is 7.32.